The minimum absolute atomic E-state index is 0.0917. The highest BCUT2D eigenvalue weighted by atomic mass is 79.9. The third-order valence-electron chi connectivity index (χ3n) is 4.17. The van der Waals surface area contributed by atoms with Crippen molar-refractivity contribution in [3.05, 3.63) is 18.1 Å². The second-order valence-corrected chi connectivity index (χ2v) is 9.16. The number of H-pyrrole nitrogens is 1. The number of amides is 1. The fourth-order valence-corrected chi connectivity index (χ4v) is 3.80. The molecule has 0 aliphatic carbocycles. The number of likely N-dealkylation sites (tertiary alicyclic amines) is 1. The fraction of sp³-hybridized carbons (Fsp3) is 0.632. The zero-order valence-electron chi connectivity index (χ0n) is 17.4. The van der Waals surface area contributed by atoms with Gasteiger partial charge in [-0.1, -0.05) is 15.9 Å². The largest absolute Gasteiger partial charge is 0.444 e. The van der Waals surface area contributed by atoms with Gasteiger partial charge in [-0.05, 0) is 47.5 Å². The molecule has 0 aromatic carbocycles. The van der Waals surface area contributed by atoms with E-state index in [9.17, 15) is 4.79 Å². The molecule has 1 fully saturated rings. The van der Waals surface area contributed by atoms with Gasteiger partial charge in [0.1, 0.15) is 17.4 Å². The number of alkyl halides is 1. The summed E-state index contributed by atoms with van der Waals surface area (Å²) in [7, 11) is 0. The molecule has 5 N–H and O–H groups in total. The van der Waals surface area contributed by atoms with Crippen molar-refractivity contribution in [2.45, 2.75) is 70.9 Å². The summed E-state index contributed by atoms with van der Waals surface area (Å²) in [6, 6.07) is -0.000524. The Labute approximate surface area is 178 Å². The van der Waals surface area contributed by atoms with Crippen molar-refractivity contribution < 1.29 is 19.7 Å². The molecule has 2 atom stereocenters. The van der Waals surface area contributed by atoms with Gasteiger partial charge in [0.15, 0.2) is 11.6 Å². The van der Waals surface area contributed by atoms with E-state index >= 15 is 0 Å². The summed E-state index contributed by atoms with van der Waals surface area (Å²) in [4.78, 5) is 26.1. The first-order chi connectivity index (χ1) is 13.3. The third-order valence-corrected chi connectivity index (χ3v) is 4.91. The zero-order valence-corrected chi connectivity index (χ0v) is 19.0. The average molecular weight is 472 g/mol. The van der Waals surface area contributed by atoms with Crippen molar-refractivity contribution in [1.29, 1.82) is 0 Å². The number of halogens is 1. The lowest BCUT2D eigenvalue weighted by atomic mass is 10.1. The van der Waals surface area contributed by atoms with E-state index in [1.807, 2.05) is 31.9 Å². The Hall–Kier alpha value is -1.91. The highest BCUT2D eigenvalue weighted by Gasteiger charge is 2.40. The van der Waals surface area contributed by atoms with Crippen molar-refractivity contribution in [3.63, 3.8) is 0 Å². The van der Waals surface area contributed by atoms with Crippen molar-refractivity contribution in [2.75, 3.05) is 11.1 Å². The highest BCUT2D eigenvalue weighted by Crippen LogP contribution is 2.40. The highest BCUT2D eigenvalue weighted by molar-refractivity contribution is 9.09. The number of nitrogens with zero attached hydrogens (tertiary/aromatic N) is 3. The van der Waals surface area contributed by atoms with Gasteiger partial charge in [0.2, 0.25) is 0 Å². The first kappa shape index (κ1) is 23.4. The zero-order chi connectivity index (χ0) is 22.0. The molecule has 2 aromatic rings. The molecule has 162 valence electrons. The molecule has 1 aliphatic heterocycles. The number of nitrogens with one attached hydrogen (secondary N) is 1. The average Bonchev–Trinajstić information content (AvgIpc) is 3.15. The van der Waals surface area contributed by atoms with Gasteiger partial charge in [-0.25, -0.2) is 14.8 Å². The Balaban J connectivity index is 0.000000537. The van der Waals surface area contributed by atoms with E-state index < -0.39 is 11.4 Å². The molecule has 3 rings (SSSR count). The van der Waals surface area contributed by atoms with E-state index in [4.69, 9.17) is 20.7 Å². The van der Waals surface area contributed by atoms with Gasteiger partial charge in [0, 0.05) is 23.1 Å². The van der Waals surface area contributed by atoms with Crippen molar-refractivity contribution >= 4 is 38.9 Å². The third kappa shape index (κ3) is 6.28. The monoisotopic (exact) mass is 471 g/mol. The second-order valence-electron chi connectivity index (χ2n) is 8.51. The molecule has 1 saturated heterocycles. The van der Waals surface area contributed by atoms with Crippen LogP contribution >= 0.6 is 15.9 Å². The van der Waals surface area contributed by atoms with E-state index in [0.717, 1.165) is 23.9 Å². The number of ether oxygens (including phenoxy) is 1. The fourth-order valence-electron chi connectivity index (χ4n) is 3.16. The van der Waals surface area contributed by atoms with Crippen molar-refractivity contribution in [1.82, 2.24) is 19.9 Å². The number of anilines is 1. The normalized spacial score (nSPS) is 19.8. The minimum atomic E-state index is -1.50. The number of hydrogen-bond donors (Lipinski definition) is 4. The Kier molecular flexibility index (Phi) is 7.13. The Morgan fingerprint density at radius 1 is 1.31 bits per heavy atom. The van der Waals surface area contributed by atoms with Crippen LogP contribution in [0.1, 0.15) is 59.1 Å². The van der Waals surface area contributed by atoms with Crippen LogP contribution in [0, 0.1) is 0 Å². The molecule has 1 aliphatic rings. The number of nitrogens with two attached hydrogens (primary N) is 1. The number of carbonyl (C=O) groups is 1. The number of rotatable bonds is 2. The molecule has 1 amide bonds. The second kappa shape index (κ2) is 8.85. The lowest BCUT2D eigenvalue weighted by Crippen LogP contribution is -2.41. The van der Waals surface area contributed by atoms with Gasteiger partial charge in [-0.15, -0.1) is 0 Å². The molecule has 0 bridgehead atoms. The lowest BCUT2D eigenvalue weighted by molar-refractivity contribution is -0.127. The van der Waals surface area contributed by atoms with E-state index in [1.165, 1.54) is 20.2 Å². The van der Waals surface area contributed by atoms with Gasteiger partial charge in [-0.3, -0.25) is 4.90 Å². The van der Waals surface area contributed by atoms with E-state index in [2.05, 4.69) is 30.9 Å². The molecule has 29 heavy (non-hydrogen) atoms. The minimum Gasteiger partial charge on any atom is -0.444 e. The molecule has 3 heterocycles. The van der Waals surface area contributed by atoms with Crippen LogP contribution in [-0.4, -0.2) is 58.9 Å². The molecule has 9 nitrogen and oxygen atoms in total. The summed E-state index contributed by atoms with van der Waals surface area (Å²) in [5.74, 6) is -1.09. The van der Waals surface area contributed by atoms with Crippen molar-refractivity contribution in [2.24, 2.45) is 0 Å². The maximum Gasteiger partial charge on any atom is 0.411 e. The summed E-state index contributed by atoms with van der Waals surface area (Å²) in [5, 5.41) is 16.9. The number of aromatic amines is 1. The number of hydrogen-bond acceptors (Lipinski definition) is 7. The standard InChI is InChI=1S/C16H22BrN5O2.C3H8O2/c1-16(2,3)24-15(23)22-9(6-17)4-5-11(22)10-7-19-13-12(10)20-8-21-14(13)18;1-3(2,4)5/h7-9,11,19H,4-6H2,1-3H3,(H2,18,20,21);4-5H,1-2H3. The Morgan fingerprint density at radius 2 is 1.93 bits per heavy atom. The van der Waals surface area contributed by atoms with Crippen LogP contribution in [0.25, 0.3) is 11.0 Å². The van der Waals surface area contributed by atoms with Gasteiger partial charge >= 0.3 is 6.09 Å². The topological polar surface area (TPSA) is 138 Å². The SMILES string of the molecule is CC(C)(C)OC(=O)N1C(CBr)CCC1c1c[nH]c2c(N)ncnc12.CC(C)(O)O. The van der Waals surface area contributed by atoms with Crippen LogP contribution in [0.15, 0.2) is 12.5 Å². The molecule has 10 heteroatoms. The first-order valence-corrected chi connectivity index (χ1v) is 10.5. The molecular weight excluding hydrogens is 442 g/mol. The number of carbonyl (C=O) groups excluding carboxylic acids is 1. The quantitative estimate of drug-likeness (QED) is 0.389. The molecule has 2 unspecified atom stereocenters. The first-order valence-electron chi connectivity index (χ1n) is 9.41. The molecular formula is C19H30BrN5O4. The number of aromatic nitrogens is 3. The summed E-state index contributed by atoms with van der Waals surface area (Å²) >= 11 is 3.51. The van der Waals surface area contributed by atoms with E-state index in [-0.39, 0.29) is 18.2 Å². The van der Waals surface area contributed by atoms with Gasteiger partial charge < -0.3 is 25.7 Å². The van der Waals surface area contributed by atoms with Gasteiger partial charge in [0.05, 0.1) is 11.6 Å². The molecule has 2 aromatic heterocycles. The number of fused-ring (bicyclic) bond motifs is 1. The van der Waals surface area contributed by atoms with Crippen LogP contribution < -0.4 is 5.73 Å². The summed E-state index contributed by atoms with van der Waals surface area (Å²) in [5.41, 5.74) is 7.79. The Bertz CT molecular complexity index is 837. The molecule has 0 radical (unpaired) electrons. The summed E-state index contributed by atoms with van der Waals surface area (Å²) in [6.07, 6.45) is 4.78. The maximum atomic E-state index is 12.8. The van der Waals surface area contributed by atoms with Crippen LogP contribution in [-0.2, 0) is 4.74 Å². The lowest BCUT2D eigenvalue weighted by Gasteiger charge is -2.32. The molecule has 0 spiro atoms. The van der Waals surface area contributed by atoms with Crippen LogP contribution in [0.4, 0.5) is 10.6 Å². The predicted octanol–water partition coefficient (Wildman–Crippen LogP) is 3.08. The van der Waals surface area contributed by atoms with Gasteiger partial charge in [-0.2, -0.15) is 0 Å². The maximum absolute atomic E-state index is 12.8. The van der Waals surface area contributed by atoms with Crippen molar-refractivity contribution in [3.8, 4) is 0 Å². The van der Waals surface area contributed by atoms with Crippen LogP contribution in [0.3, 0.4) is 0 Å². The number of aliphatic hydroxyl groups is 2. The smallest absolute Gasteiger partial charge is 0.411 e. The van der Waals surface area contributed by atoms with Crippen LogP contribution in [0.5, 0.6) is 0 Å². The number of nitrogen functional groups attached to an aromatic ring is 1. The summed E-state index contributed by atoms with van der Waals surface area (Å²) in [6.45, 7) is 8.22. The van der Waals surface area contributed by atoms with Gasteiger partial charge in [0.25, 0.3) is 0 Å². The van der Waals surface area contributed by atoms with Crippen LogP contribution in [0.2, 0.25) is 0 Å². The Morgan fingerprint density at radius 3 is 2.48 bits per heavy atom. The van der Waals surface area contributed by atoms with E-state index in [1.54, 1.807) is 0 Å². The predicted molar refractivity (Wildman–Crippen MR) is 114 cm³/mol. The van der Waals surface area contributed by atoms with E-state index in [0.29, 0.717) is 16.7 Å². The summed E-state index contributed by atoms with van der Waals surface area (Å²) < 4.78 is 5.62. The molecule has 0 saturated carbocycles.